The minimum atomic E-state index is -3.15. The van der Waals surface area contributed by atoms with Crippen LogP contribution in [0, 0.1) is 11.7 Å². The van der Waals surface area contributed by atoms with E-state index in [1.54, 1.807) is 0 Å². The lowest BCUT2D eigenvalue weighted by atomic mass is 10.1. The molecule has 1 atom stereocenters. The molecule has 0 aliphatic heterocycles. The number of halogens is 2. The lowest BCUT2D eigenvalue weighted by Crippen LogP contribution is -2.31. The molecule has 9 heteroatoms. The zero-order chi connectivity index (χ0) is 18.4. The molecule has 1 heterocycles. The summed E-state index contributed by atoms with van der Waals surface area (Å²) in [7, 11) is -3.15. The number of hydrogen-bond donors (Lipinski definition) is 1. The maximum Gasteiger partial charge on any atom is 0.261 e. The number of rotatable bonds is 6. The van der Waals surface area contributed by atoms with Crippen LogP contribution < -0.4 is 11.3 Å². The molecule has 0 radical (unpaired) electrons. The van der Waals surface area contributed by atoms with Crippen LogP contribution in [0.3, 0.4) is 0 Å². The molecule has 2 N–H and O–H groups in total. The molecule has 6 nitrogen and oxygen atoms in total. The van der Waals surface area contributed by atoms with E-state index < -0.39 is 27.3 Å². The molecule has 3 rings (SSSR count). The van der Waals surface area contributed by atoms with E-state index in [4.69, 9.17) is 17.3 Å². The fraction of sp³-hybridized carbons (Fsp3) is 0.500. The third-order valence-electron chi connectivity index (χ3n) is 4.33. The Morgan fingerprint density at radius 3 is 2.72 bits per heavy atom. The molecule has 0 bridgehead atoms. The minimum absolute atomic E-state index is 0.0552. The van der Waals surface area contributed by atoms with Gasteiger partial charge in [0.25, 0.3) is 5.56 Å². The van der Waals surface area contributed by atoms with Crippen molar-refractivity contribution in [3.05, 3.63) is 39.2 Å². The van der Waals surface area contributed by atoms with E-state index in [9.17, 15) is 17.6 Å². The van der Waals surface area contributed by atoms with Gasteiger partial charge in [-0.15, -0.1) is 0 Å². The molecule has 0 saturated heterocycles. The second-order valence-corrected chi connectivity index (χ2v) is 9.22. The Kier molecular flexibility index (Phi) is 4.87. The number of benzene rings is 1. The summed E-state index contributed by atoms with van der Waals surface area (Å²) < 4.78 is 37.7. The predicted molar refractivity (Wildman–Crippen MR) is 95.0 cm³/mol. The van der Waals surface area contributed by atoms with Crippen LogP contribution in [0.25, 0.3) is 10.9 Å². The summed E-state index contributed by atoms with van der Waals surface area (Å²) in [5, 5.41) is 0.121. The van der Waals surface area contributed by atoms with Crippen LogP contribution in [0.5, 0.6) is 0 Å². The highest BCUT2D eigenvalue weighted by Crippen LogP contribution is 2.39. The lowest BCUT2D eigenvalue weighted by molar-refractivity contribution is 0.514. The molecule has 0 spiro atoms. The second kappa shape index (κ2) is 6.66. The maximum atomic E-state index is 13.7. The van der Waals surface area contributed by atoms with E-state index in [1.165, 1.54) is 4.57 Å². The highest BCUT2D eigenvalue weighted by molar-refractivity contribution is 7.90. The maximum absolute atomic E-state index is 13.7. The summed E-state index contributed by atoms with van der Waals surface area (Å²) >= 11 is 6.05. The van der Waals surface area contributed by atoms with Crippen molar-refractivity contribution in [2.75, 3.05) is 12.0 Å². The van der Waals surface area contributed by atoms with Crippen molar-refractivity contribution in [1.29, 1.82) is 0 Å². The number of aromatic nitrogens is 2. The minimum Gasteiger partial charge on any atom is -0.321 e. The molecular weight excluding hydrogens is 369 g/mol. The Morgan fingerprint density at radius 2 is 2.12 bits per heavy atom. The van der Waals surface area contributed by atoms with Gasteiger partial charge in [-0.3, -0.25) is 9.36 Å². The lowest BCUT2D eigenvalue weighted by Gasteiger charge is -2.18. The quantitative estimate of drug-likeness (QED) is 0.818. The van der Waals surface area contributed by atoms with Gasteiger partial charge in [-0.05, 0) is 37.3 Å². The van der Waals surface area contributed by atoms with E-state index >= 15 is 0 Å². The number of hydrogen-bond acceptors (Lipinski definition) is 5. The van der Waals surface area contributed by atoms with Gasteiger partial charge in [0.15, 0.2) is 0 Å². The van der Waals surface area contributed by atoms with Crippen LogP contribution in [-0.4, -0.2) is 30.0 Å². The largest absolute Gasteiger partial charge is 0.321 e. The van der Waals surface area contributed by atoms with Gasteiger partial charge < -0.3 is 5.73 Å². The third kappa shape index (κ3) is 4.02. The van der Waals surface area contributed by atoms with Crippen LogP contribution in [0.2, 0.25) is 5.02 Å². The van der Waals surface area contributed by atoms with Gasteiger partial charge in [-0.25, -0.2) is 17.8 Å². The molecular formula is C16H19ClFN3O3S. The average Bonchev–Trinajstić information content (AvgIpc) is 3.33. The molecule has 1 aliphatic rings. The molecule has 1 unspecified atom stereocenters. The van der Waals surface area contributed by atoms with Crippen LogP contribution in [0.15, 0.2) is 16.9 Å². The van der Waals surface area contributed by atoms with Crippen molar-refractivity contribution >= 4 is 32.3 Å². The first-order valence-electron chi connectivity index (χ1n) is 8.00. The Morgan fingerprint density at radius 1 is 1.44 bits per heavy atom. The van der Waals surface area contributed by atoms with Gasteiger partial charge in [0.05, 0.1) is 27.7 Å². The van der Waals surface area contributed by atoms with E-state index in [0.717, 1.165) is 31.2 Å². The first-order valence-corrected chi connectivity index (χ1v) is 10.4. The molecule has 1 saturated carbocycles. The van der Waals surface area contributed by atoms with Crippen LogP contribution in [0.1, 0.15) is 31.1 Å². The first kappa shape index (κ1) is 18.3. The molecule has 2 aromatic rings. The average molecular weight is 388 g/mol. The van der Waals surface area contributed by atoms with Crippen LogP contribution >= 0.6 is 11.6 Å². The van der Waals surface area contributed by atoms with E-state index in [-0.39, 0.29) is 40.6 Å². The third-order valence-corrected chi connectivity index (χ3v) is 5.65. The summed E-state index contributed by atoms with van der Waals surface area (Å²) in [5.41, 5.74) is 6.01. The van der Waals surface area contributed by atoms with Gasteiger partial charge in [0.2, 0.25) is 0 Å². The first-order chi connectivity index (χ1) is 11.7. The fourth-order valence-electron chi connectivity index (χ4n) is 2.89. The standard InChI is InChI=1S/C16H19ClFN3O3S/c1-25(23,24)6-2-5-21-15(13(19)9-3-4-9)20-14-11(16(21)22)7-10(18)8-12(14)17/h7-9,13H,2-6,19H2,1H3. The number of nitrogens with two attached hydrogens (primary N) is 1. The Hall–Kier alpha value is -1.51. The zero-order valence-corrected chi connectivity index (χ0v) is 15.3. The summed E-state index contributed by atoms with van der Waals surface area (Å²) in [5.74, 6) is -0.0653. The monoisotopic (exact) mass is 387 g/mol. The molecule has 136 valence electrons. The van der Waals surface area contributed by atoms with Gasteiger partial charge in [-0.1, -0.05) is 11.6 Å². The second-order valence-electron chi connectivity index (χ2n) is 6.56. The van der Waals surface area contributed by atoms with Gasteiger partial charge in [0.1, 0.15) is 21.5 Å². The van der Waals surface area contributed by atoms with E-state index in [2.05, 4.69) is 4.98 Å². The predicted octanol–water partition coefficient (Wildman–Crippen LogP) is 2.03. The Bertz CT molecular complexity index is 986. The van der Waals surface area contributed by atoms with Gasteiger partial charge in [0, 0.05) is 12.8 Å². The van der Waals surface area contributed by atoms with Crippen molar-refractivity contribution in [2.24, 2.45) is 11.7 Å². The topological polar surface area (TPSA) is 95.1 Å². The van der Waals surface area contributed by atoms with Gasteiger partial charge in [-0.2, -0.15) is 0 Å². The molecule has 0 amide bonds. The van der Waals surface area contributed by atoms with Crippen molar-refractivity contribution in [3.63, 3.8) is 0 Å². The highest BCUT2D eigenvalue weighted by Gasteiger charge is 2.33. The normalized spacial score (nSPS) is 16.3. The molecule has 1 fully saturated rings. The van der Waals surface area contributed by atoms with Crippen LogP contribution in [0.4, 0.5) is 4.39 Å². The van der Waals surface area contributed by atoms with Gasteiger partial charge >= 0.3 is 0 Å². The van der Waals surface area contributed by atoms with Crippen molar-refractivity contribution in [3.8, 4) is 0 Å². The fourth-order valence-corrected chi connectivity index (χ4v) is 3.79. The van der Waals surface area contributed by atoms with Crippen molar-refractivity contribution in [1.82, 2.24) is 9.55 Å². The summed E-state index contributed by atoms with van der Waals surface area (Å²) in [6, 6.07) is 1.77. The number of fused-ring (bicyclic) bond motifs is 1. The molecule has 1 aliphatic carbocycles. The number of sulfone groups is 1. The Labute approximate surface area is 149 Å². The van der Waals surface area contributed by atoms with E-state index in [0.29, 0.717) is 5.82 Å². The Balaban J connectivity index is 2.12. The summed E-state index contributed by atoms with van der Waals surface area (Å²) in [4.78, 5) is 17.3. The zero-order valence-electron chi connectivity index (χ0n) is 13.7. The smallest absolute Gasteiger partial charge is 0.261 e. The summed E-state index contributed by atoms with van der Waals surface area (Å²) in [6.07, 6.45) is 3.30. The number of nitrogens with zero attached hydrogens (tertiary/aromatic N) is 2. The van der Waals surface area contributed by atoms with E-state index in [1.807, 2.05) is 0 Å². The molecule has 1 aromatic heterocycles. The molecule has 25 heavy (non-hydrogen) atoms. The highest BCUT2D eigenvalue weighted by atomic mass is 35.5. The van der Waals surface area contributed by atoms with Crippen molar-refractivity contribution in [2.45, 2.75) is 31.8 Å². The van der Waals surface area contributed by atoms with Crippen LogP contribution in [-0.2, 0) is 16.4 Å². The summed E-state index contributed by atoms with van der Waals surface area (Å²) in [6.45, 7) is 0.152. The van der Waals surface area contributed by atoms with Crippen molar-refractivity contribution < 1.29 is 12.8 Å². The molecule has 1 aromatic carbocycles. The SMILES string of the molecule is CS(=O)(=O)CCCn1c(C(N)C2CC2)nc2c(Cl)cc(F)cc2c1=O.